The Labute approximate surface area is 155 Å². The number of piperazine rings is 1. The van der Waals surface area contributed by atoms with E-state index in [0.717, 1.165) is 23.6 Å². The molecule has 1 saturated heterocycles. The quantitative estimate of drug-likeness (QED) is 0.854. The van der Waals surface area contributed by atoms with Crippen LogP contribution in [0.1, 0.15) is 18.2 Å². The van der Waals surface area contributed by atoms with Gasteiger partial charge in [0.15, 0.2) is 0 Å². The second kappa shape index (κ2) is 7.46. The third kappa shape index (κ3) is 4.50. The number of nitrogens with zero attached hydrogens (tertiary/aromatic N) is 3. The lowest BCUT2D eigenvalue weighted by Crippen LogP contribution is -2.55. The first-order valence-electron chi connectivity index (χ1n) is 8.67. The van der Waals surface area contributed by atoms with Crippen molar-refractivity contribution in [2.45, 2.75) is 26.1 Å². The van der Waals surface area contributed by atoms with Gasteiger partial charge < -0.3 is 15.1 Å². The lowest BCUT2D eigenvalue weighted by molar-refractivity contribution is -0.137. The number of hydrogen-bond donors (Lipinski definition) is 1. The normalized spacial score (nSPS) is 17.7. The van der Waals surface area contributed by atoms with E-state index in [1.165, 1.54) is 12.1 Å². The van der Waals surface area contributed by atoms with Crippen molar-refractivity contribution < 1.29 is 18.0 Å². The van der Waals surface area contributed by atoms with E-state index in [1.807, 2.05) is 32.0 Å². The summed E-state index contributed by atoms with van der Waals surface area (Å²) in [6.07, 6.45) is -4.39. The van der Waals surface area contributed by atoms with Gasteiger partial charge in [-0.15, -0.1) is 0 Å². The molecule has 1 aliphatic heterocycles. The summed E-state index contributed by atoms with van der Waals surface area (Å²) in [7, 11) is 0. The number of alkyl halides is 3. The number of carbonyl (C=O) groups is 1. The molecule has 1 aromatic heterocycles. The second-order valence-corrected chi connectivity index (χ2v) is 6.63. The fourth-order valence-electron chi connectivity index (χ4n) is 3.11. The molecular weight excluding hydrogens is 357 g/mol. The number of hydrogen-bond acceptors (Lipinski definition) is 3. The molecule has 27 heavy (non-hydrogen) atoms. The average Bonchev–Trinajstić information content (AvgIpc) is 2.61. The van der Waals surface area contributed by atoms with E-state index in [2.05, 4.69) is 15.2 Å². The van der Waals surface area contributed by atoms with Crippen LogP contribution in [-0.2, 0) is 6.18 Å². The predicted octanol–water partition coefficient (Wildman–Crippen LogP) is 4.15. The van der Waals surface area contributed by atoms with Gasteiger partial charge in [-0.25, -0.2) is 9.78 Å². The molecule has 2 heterocycles. The number of rotatable bonds is 2. The van der Waals surface area contributed by atoms with Crippen molar-refractivity contribution in [2.24, 2.45) is 0 Å². The van der Waals surface area contributed by atoms with Crippen molar-refractivity contribution in [2.75, 3.05) is 29.9 Å². The summed E-state index contributed by atoms with van der Waals surface area (Å²) in [6.45, 7) is 5.65. The molecule has 1 aliphatic rings. The van der Waals surface area contributed by atoms with E-state index in [9.17, 15) is 18.0 Å². The van der Waals surface area contributed by atoms with Crippen LogP contribution in [0.5, 0.6) is 0 Å². The number of pyridine rings is 1. The van der Waals surface area contributed by atoms with Gasteiger partial charge in [0, 0.05) is 37.1 Å². The lowest BCUT2D eigenvalue weighted by atomic mass is 10.2. The molecule has 0 saturated carbocycles. The first kappa shape index (κ1) is 19.0. The maximum absolute atomic E-state index is 12.6. The van der Waals surface area contributed by atoms with Crippen LogP contribution < -0.4 is 10.2 Å². The molecule has 1 unspecified atom stereocenters. The maximum atomic E-state index is 12.6. The van der Waals surface area contributed by atoms with Crippen LogP contribution in [0.3, 0.4) is 0 Å². The third-order valence-corrected chi connectivity index (χ3v) is 4.55. The molecule has 0 bridgehead atoms. The van der Waals surface area contributed by atoms with Crippen molar-refractivity contribution in [1.82, 2.24) is 9.88 Å². The molecular formula is C19H21F3N4O. The largest absolute Gasteiger partial charge is 0.416 e. The number of amides is 2. The van der Waals surface area contributed by atoms with Gasteiger partial charge in [-0.2, -0.15) is 13.2 Å². The number of urea groups is 1. The van der Waals surface area contributed by atoms with Gasteiger partial charge in [0.05, 0.1) is 5.56 Å². The molecule has 8 heteroatoms. The minimum atomic E-state index is -4.39. The molecule has 0 radical (unpaired) electrons. The fraction of sp³-hybridized carbons (Fsp3) is 0.368. The van der Waals surface area contributed by atoms with Gasteiger partial charge in [-0.1, -0.05) is 6.07 Å². The Morgan fingerprint density at radius 3 is 2.44 bits per heavy atom. The summed E-state index contributed by atoms with van der Waals surface area (Å²) in [4.78, 5) is 20.8. The number of carbonyl (C=O) groups excluding carboxylic acids is 1. The van der Waals surface area contributed by atoms with Gasteiger partial charge in [0.1, 0.15) is 5.82 Å². The minimum absolute atomic E-state index is 0.0597. The molecule has 0 aliphatic carbocycles. The highest BCUT2D eigenvalue weighted by atomic mass is 19.4. The summed E-state index contributed by atoms with van der Waals surface area (Å²) in [5.74, 6) is 0.879. The monoisotopic (exact) mass is 378 g/mol. The zero-order chi connectivity index (χ0) is 19.6. The Morgan fingerprint density at radius 2 is 1.85 bits per heavy atom. The molecule has 144 valence electrons. The highest BCUT2D eigenvalue weighted by Crippen LogP contribution is 2.30. The number of nitrogens with one attached hydrogen (secondary N) is 1. The zero-order valence-electron chi connectivity index (χ0n) is 15.1. The summed E-state index contributed by atoms with van der Waals surface area (Å²) in [5, 5.41) is 2.67. The standard InChI is InChI=1S/C19H21F3N4O/c1-13-4-3-5-17(23-13)25-10-11-26(14(2)12-25)18(27)24-16-8-6-15(7-9-16)19(20,21)22/h3-9,14H,10-12H2,1-2H3,(H,24,27). The number of anilines is 2. The first-order chi connectivity index (χ1) is 12.7. The maximum Gasteiger partial charge on any atom is 0.416 e. The Morgan fingerprint density at radius 1 is 1.15 bits per heavy atom. The smallest absolute Gasteiger partial charge is 0.353 e. The van der Waals surface area contributed by atoms with Crippen LogP contribution in [0.4, 0.5) is 29.5 Å². The van der Waals surface area contributed by atoms with Crippen LogP contribution in [0, 0.1) is 6.92 Å². The van der Waals surface area contributed by atoms with Gasteiger partial charge >= 0.3 is 12.2 Å². The Kier molecular flexibility index (Phi) is 5.25. The van der Waals surface area contributed by atoms with E-state index < -0.39 is 11.7 Å². The summed E-state index contributed by atoms with van der Waals surface area (Å²) in [5.41, 5.74) is 0.527. The van der Waals surface area contributed by atoms with E-state index >= 15 is 0 Å². The summed E-state index contributed by atoms with van der Waals surface area (Å²) >= 11 is 0. The zero-order valence-corrected chi connectivity index (χ0v) is 15.1. The van der Waals surface area contributed by atoms with Gasteiger partial charge in [-0.05, 0) is 50.2 Å². The van der Waals surface area contributed by atoms with Crippen LogP contribution in [0.25, 0.3) is 0 Å². The SMILES string of the molecule is Cc1cccc(N2CCN(C(=O)Nc3ccc(C(F)(F)F)cc3)C(C)C2)n1. The van der Waals surface area contributed by atoms with Crippen molar-refractivity contribution in [3.05, 3.63) is 53.7 Å². The highest BCUT2D eigenvalue weighted by Gasteiger charge is 2.31. The molecule has 1 fully saturated rings. The molecule has 1 atom stereocenters. The van der Waals surface area contributed by atoms with Crippen LogP contribution in [0.2, 0.25) is 0 Å². The van der Waals surface area contributed by atoms with Crippen molar-refractivity contribution in [1.29, 1.82) is 0 Å². The van der Waals surface area contributed by atoms with Crippen molar-refractivity contribution >= 4 is 17.5 Å². The summed E-state index contributed by atoms with van der Waals surface area (Å²) in [6, 6.07) is 9.89. The van der Waals surface area contributed by atoms with Gasteiger partial charge in [0.2, 0.25) is 0 Å². The number of aromatic nitrogens is 1. The number of aryl methyl sites for hydroxylation is 1. The molecule has 3 rings (SSSR count). The third-order valence-electron chi connectivity index (χ3n) is 4.55. The molecule has 1 aromatic carbocycles. The lowest BCUT2D eigenvalue weighted by Gasteiger charge is -2.40. The molecule has 1 N–H and O–H groups in total. The van der Waals surface area contributed by atoms with E-state index in [-0.39, 0.29) is 12.1 Å². The molecule has 2 amide bonds. The molecule has 0 spiro atoms. The van der Waals surface area contributed by atoms with E-state index in [4.69, 9.17) is 0 Å². The number of benzene rings is 1. The van der Waals surface area contributed by atoms with Gasteiger partial charge in [-0.3, -0.25) is 0 Å². The minimum Gasteiger partial charge on any atom is -0.353 e. The van der Waals surface area contributed by atoms with E-state index in [0.29, 0.717) is 25.3 Å². The average molecular weight is 378 g/mol. The van der Waals surface area contributed by atoms with Crippen molar-refractivity contribution in [3.63, 3.8) is 0 Å². The topological polar surface area (TPSA) is 48.5 Å². The van der Waals surface area contributed by atoms with Crippen molar-refractivity contribution in [3.8, 4) is 0 Å². The van der Waals surface area contributed by atoms with E-state index in [1.54, 1.807) is 4.90 Å². The first-order valence-corrected chi connectivity index (χ1v) is 8.67. The second-order valence-electron chi connectivity index (χ2n) is 6.63. The van der Waals surface area contributed by atoms with Crippen LogP contribution in [-0.4, -0.2) is 41.6 Å². The Bertz CT molecular complexity index is 807. The van der Waals surface area contributed by atoms with Gasteiger partial charge in [0.25, 0.3) is 0 Å². The number of halogens is 3. The molecule has 5 nitrogen and oxygen atoms in total. The Balaban J connectivity index is 1.61. The summed E-state index contributed by atoms with van der Waals surface area (Å²) < 4.78 is 37.9. The Hall–Kier alpha value is -2.77. The predicted molar refractivity (Wildman–Crippen MR) is 97.8 cm³/mol. The highest BCUT2D eigenvalue weighted by molar-refractivity contribution is 5.89. The van der Waals surface area contributed by atoms with Crippen LogP contribution in [0.15, 0.2) is 42.5 Å². The molecule has 2 aromatic rings. The fourth-order valence-corrected chi connectivity index (χ4v) is 3.11. The van der Waals surface area contributed by atoms with Crippen LogP contribution >= 0.6 is 0 Å².